The van der Waals surface area contributed by atoms with Crippen molar-refractivity contribution in [3.05, 3.63) is 80.2 Å². The van der Waals surface area contributed by atoms with E-state index >= 15 is 0 Å². The summed E-state index contributed by atoms with van der Waals surface area (Å²) >= 11 is 3.32. The van der Waals surface area contributed by atoms with Gasteiger partial charge in [-0.15, -0.1) is 6.58 Å². The molecule has 3 rings (SSSR count). The highest BCUT2D eigenvalue weighted by Crippen LogP contribution is 2.42. The van der Waals surface area contributed by atoms with Crippen molar-refractivity contribution in [3.8, 4) is 5.75 Å². The molecule has 0 N–H and O–H groups in total. The lowest BCUT2D eigenvalue weighted by atomic mass is 10.1. The number of allylic oxidation sites excluding steroid dienone is 2. The first-order valence-corrected chi connectivity index (χ1v) is 9.43. The van der Waals surface area contributed by atoms with Crippen LogP contribution < -0.4 is 4.74 Å². The van der Waals surface area contributed by atoms with Gasteiger partial charge in [-0.1, -0.05) is 34.1 Å². The third-order valence-electron chi connectivity index (χ3n) is 3.65. The highest BCUT2D eigenvalue weighted by Gasteiger charge is 2.34. The normalized spacial score (nSPS) is 15.2. The molecule has 128 valence electrons. The molecule has 0 unspecified atom stereocenters. The summed E-state index contributed by atoms with van der Waals surface area (Å²) in [6.07, 6.45) is 1.57. The minimum absolute atomic E-state index is 0.0556. The van der Waals surface area contributed by atoms with Gasteiger partial charge in [0.25, 0.3) is 5.69 Å². The van der Waals surface area contributed by atoms with Crippen LogP contribution in [0.5, 0.6) is 5.75 Å². The number of non-ortho nitro benzene ring substituents is 1. The minimum atomic E-state index is -3.85. The van der Waals surface area contributed by atoms with Crippen molar-refractivity contribution in [1.82, 2.24) is 0 Å². The van der Waals surface area contributed by atoms with E-state index < -0.39 is 14.8 Å². The van der Waals surface area contributed by atoms with Crippen LogP contribution in [0.15, 0.2) is 69.4 Å². The number of hydrogen-bond donors (Lipinski definition) is 0. The minimum Gasteiger partial charge on any atom is -0.454 e. The van der Waals surface area contributed by atoms with Gasteiger partial charge in [0.2, 0.25) is 9.84 Å². The molecule has 0 aliphatic carbocycles. The highest BCUT2D eigenvalue weighted by molar-refractivity contribution is 9.10. The number of sulfone groups is 1. The Labute approximate surface area is 152 Å². The number of ether oxygens (including phenoxy) is 1. The molecule has 0 radical (unpaired) electrons. The van der Waals surface area contributed by atoms with Crippen molar-refractivity contribution in [2.24, 2.45) is 0 Å². The van der Waals surface area contributed by atoms with E-state index in [0.29, 0.717) is 5.56 Å². The van der Waals surface area contributed by atoms with E-state index in [2.05, 4.69) is 22.5 Å². The standard InChI is InChI=1S/C17H12BrNO5S/c1-2-3-16-17(11-4-6-12(18)7-5-11)24-14-10-13(19(20)21)8-9-15(14)25(16,22)23/h2,4-10H,1,3H2. The van der Waals surface area contributed by atoms with Gasteiger partial charge in [0, 0.05) is 22.5 Å². The van der Waals surface area contributed by atoms with Crippen LogP contribution in [0, 0.1) is 10.1 Å². The average Bonchev–Trinajstić information content (AvgIpc) is 2.57. The zero-order chi connectivity index (χ0) is 18.2. The molecule has 8 heteroatoms. The Kier molecular flexibility index (Phi) is 4.49. The van der Waals surface area contributed by atoms with Gasteiger partial charge in [-0.2, -0.15) is 0 Å². The molecule has 2 aromatic rings. The zero-order valence-electron chi connectivity index (χ0n) is 12.8. The van der Waals surface area contributed by atoms with E-state index in [0.717, 1.165) is 16.6 Å². The van der Waals surface area contributed by atoms with Gasteiger partial charge in [0.15, 0.2) is 5.75 Å². The smallest absolute Gasteiger partial charge is 0.273 e. The summed E-state index contributed by atoms with van der Waals surface area (Å²) in [5.74, 6) is 0.0975. The Morgan fingerprint density at radius 2 is 1.88 bits per heavy atom. The number of halogens is 1. The van der Waals surface area contributed by atoms with E-state index in [1.807, 2.05) is 0 Å². The lowest BCUT2D eigenvalue weighted by Crippen LogP contribution is -2.17. The number of nitro benzene ring substituents is 1. The predicted octanol–water partition coefficient (Wildman–Crippen LogP) is 4.47. The monoisotopic (exact) mass is 421 g/mol. The highest BCUT2D eigenvalue weighted by atomic mass is 79.9. The summed E-state index contributed by atoms with van der Waals surface area (Å²) in [4.78, 5) is 10.4. The topological polar surface area (TPSA) is 86.5 Å². The molecule has 6 nitrogen and oxygen atoms in total. The number of rotatable bonds is 4. The van der Waals surface area contributed by atoms with Crippen LogP contribution in [0.4, 0.5) is 5.69 Å². The fourth-order valence-corrected chi connectivity index (χ4v) is 4.37. The zero-order valence-corrected chi connectivity index (χ0v) is 15.2. The van der Waals surface area contributed by atoms with Gasteiger partial charge in [0.1, 0.15) is 10.7 Å². The van der Waals surface area contributed by atoms with Crippen LogP contribution in [-0.2, 0) is 9.84 Å². The first-order chi connectivity index (χ1) is 11.8. The van der Waals surface area contributed by atoms with E-state index in [1.54, 1.807) is 24.3 Å². The maximum atomic E-state index is 13.0. The molecule has 0 spiro atoms. The summed E-state index contributed by atoms with van der Waals surface area (Å²) in [6, 6.07) is 10.4. The number of hydrogen-bond acceptors (Lipinski definition) is 5. The molecule has 0 aromatic heterocycles. The second-order valence-corrected chi connectivity index (χ2v) is 8.10. The lowest BCUT2D eigenvalue weighted by Gasteiger charge is -2.23. The van der Waals surface area contributed by atoms with E-state index in [1.165, 1.54) is 12.1 Å². The molecular formula is C17H12BrNO5S. The summed E-state index contributed by atoms with van der Waals surface area (Å²) < 4.78 is 32.5. The molecule has 1 aliphatic rings. The van der Waals surface area contributed by atoms with Gasteiger partial charge in [0.05, 0.1) is 15.9 Å². The van der Waals surface area contributed by atoms with Crippen LogP contribution in [0.25, 0.3) is 5.76 Å². The first-order valence-electron chi connectivity index (χ1n) is 7.16. The van der Waals surface area contributed by atoms with Gasteiger partial charge >= 0.3 is 0 Å². The number of nitrogens with zero attached hydrogens (tertiary/aromatic N) is 1. The molecule has 0 fully saturated rings. The molecular weight excluding hydrogens is 410 g/mol. The Bertz CT molecular complexity index is 1010. The molecule has 0 amide bonds. The molecule has 1 heterocycles. The Hall–Kier alpha value is -2.45. The predicted molar refractivity (Wildman–Crippen MR) is 96.8 cm³/mol. The maximum absolute atomic E-state index is 13.0. The average molecular weight is 422 g/mol. The largest absolute Gasteiger partial charge is 0.454 e. The SMILES string of the molecule is C=CCC1=C(c2ccc(Br)cc2)Oc2cc([N+](=O)[O-])ccc2S1(=O)=O. The number of benzene rings is 2. The van der Waals surface area contributed by atoms with Crippen LogP contribution >= 0.6 is 15.9 Å². The second-order valence-electron chi connectivity index (χ2n) is 5.25. The lowest BCUT2D eigenvalue weighted by molar-refractivity contribution is -0.385. The molecule has 0 saturated carbocycles. The quantitative estimate of drug-likeness (QED) is 0.412. The van der Waals surface area contributed by atoms with E-state index in [4.69, 9.17) is 4.74 Å². The van der Waals surface area contributed by atoms with E-state index in [-0.39, 0.29) is 33.4 Å². The van der Waals surface area contributed by atoms with Gasteiger partial charge in [-0.25, -0.2) is 8.42 Å². The van der Waals surface area contributed by atoms with Crippen LogP contribution in [0.1, 0.15) is 12.0 Å². The van der Waals surface area contributed by atoms with Crippen LogP contribution in [0.3, 0.4) is 0 Å². The van der Waals surface area contributed by atoms with Crippen molar-refractivity contribution in [1.29, 1.82) is 0 Å². The fraction of sp³-hybridized carbons (Fsp3) is 0.0588. The Balaban J connectivity index is 2.24. The third kappa shape index (κ3) is 3.10. The van der Waals surface area contributed by atoms with Crippen LogP contribution in [-0.4, -0.2) is 13.3 Å². The molecule has 0 saturated heterocycles. The van der Waals surface area contributed by atoms with Gasteiger partial charge in [-0.05, 0) is 18.2 Å². The van der Waals surface area contributed by atoms with E-state index in [9.17, 15) is 18.5 Å². The number of nitro groups is 1. The summed E-state index contributed by atoms with van der Waals surface area (Å²) in [6.45, 7) is 3.60. The summed E-state index contributed by atoms with van der Waals surface area (Å²) in [5, 5.41) is 11.0. The molecule has 1 aliphatic heterocycles. The molecule has 2 aromatic carbocycles. The van der Waals surface area contributed by atoms with Gasteiger partial charge < -0.3 is 4.74 Å². The van der Waals surface area contributed by atoms with Crippen molar-refractivity contribution in [2.75, 3.05) is 0 Å². The van der Waals surface area contributed by atoms with Crippen LogP contribution in [0.2, 0.25) is 0 Å². The number of fused-ring (bicyclic) bond motifs is 1. The van der Waals surface area contributed by atoms with Crippen molar-refractivity contribution >= 4 is 37.2 Å². The van der Waals surface area contributed by atoms with Crippen molar-refractivity contribution < 1.29 is 18.1 Å². The first kappa shape index (κ1) is 17.4. The van der Waals surface area contributed by atoms with Gasteiger partial charge in [-0.3, -0.25) is 10.1 Å². The maximum Gasteiger partial charge on any atom is 0.273 e. The molecule has 0 atom stereocenters. The fourth-order valence-electron chi connectivity index (χ4n) is 2.49. The van der Waals surface area contributed by atoms with Crippen molar-refractivity contribution in [2.45, 2.75) is 11.3 Å². The Morgan fingerprint density at radius 1 is 1.20 bits per heavy atom. The summed E-state index contributed by atoms with van der Waals surface area (Å²) in [7, 11) is -3.85. The Morgan fingerprint density at radius 3 is 2.48 bits per heavy atom. The summed E-state index contributed by atoms with van der Waals surface area (Å²) in [5.41, 5.74) is 0.317. The second kappa shape index (κ2) is 6.45. The third-order valence-corrected chi connectivity index (χ3v) is 6.10. The molecule has 25 heavy (non-hydrogen) atoms. The molecule has 0 bridgehead atoms. The van der Waals surface area contributed by atoms with Crippen molar-refractivity contribution in [3.63, 3.8) is 0 Å².